The second kappa shape index (κ2) is 5.43. The molecule has 2 rings (SSSR count). The van der Waals surface area contributed by atoms with Gasteiger partial charge in [-0.05, 0) is 25.5 Å². The molecule has 0 saturated carbocycles. The Morgan fingerprint density at radius 2 is 2.26 bits per heavy atom. The SMILES string of the molecule is O=C(Nc1cccc(OC(F)(F)F)n1)C1CCCN1. The van der Waals surface area contributed by atoms with E-state index in [1.165, 1.54) is 12.1 Å². The van der Waals surface area contributed by atoms with Crippen LogP contribution in [0.15, 0.2) is 18.2 Å². The van der Waals surface area contributed by atoms with Crippen LogP contribution >= 0.6 is 0 Å². The lowest BCUT2D eigenvalue weighted by Gasteiger charge is -2.12. The summed E-state index contributed by atoms with van der Waals surface area (Å²) in [6.07, 6.45) is -3.21. The molecule has 1 amide bonds. The predicted molar refractivity (Wildman–Crippen MR) is 60.6 cm³/mol. The van der Waals surface area contributed by atoms with Crippen molar-refractivity contribution in [1.29, 1.82) is 0 Å². The standard InChI is InChI=1S/C11H12F3N3O2/c12-11(13,14)19-9-5-1-4-8(16-9)17-10(18)7-3-2-6-15-7/h1,4-5,7,15H,2-3,6H2,(H,16,17,18). The van der Waals surface area contributed by atoms with Gasteiger partial charge in [0.05, 0.1) is 6.04 Å². The Bertz CT molecular complexity index is 459. The number of aromatic nitrogens is 1. The van der Waals surface area contributed by atoms with Crippen molar-refractivity contribution in [2.24, 2.45) is 0 Å². The maximum Gasteiger partial charge on any atom is 0.574 e. The zero-order chi connectivity index (χ0) is 13.9. The lowest BCUT2D eigenvalue weighted by Crippen LogP contribution is -2.35. The molecular weight excluding hydrogens is 263 g/mol. The van der Waals surface area contributed by atoms with Gasteiger partial charge in [0.2, 0.25) is 11.8 Å². The summed E-state index contributed by atoms with van der Waals surface area (Å²) in [6.45, 7) is 0.753. The Kier molecular flexibility index (Phi) is 3.89. The molecule has 19 heavy (non-hydrogen) atoms. The predicted octanol–water partition coefficient (Wildman–Crippen LogP) is 1.67. The van der Waals surface area contributed by atoms with Crippen LogP contribution in [0.2, 0.25) is 0 Å². The van der Waals surface area contributed by atoms with E-state index >= 15 is 0 Å². The summed E-state index contributed by atoms with van der Waals surface area (Å²) < 4.78 is 39.7. The van der Waals surface area contributed by atoms with Crippen molar-refractivity contribution in [2.75, 3.05) is 11.9 Å². The van der Waals surface area contributed by atoms with E-state index < -0.39 is 12.2 Å². The van der Waals surface area contributed by atoms with E-state index in [1.54, 1.807) is 0 Å². The van der Waals surface area contributed by atoms with Gasteiger partial charge in [0.15, 0.2) is 0 Å². The van der Waals surface area contributed by atoms with Crippen molar-refractivity contribution < 1.29 is 22.7 Å². The van der Waals surface area contributed by atoms with Crippen molar-refractivity contribution >= 4 is 11.7 Å². The van der Waals surface area contributed by atoms with Gasteiger partial charge in [-0.1, -0.05) is 6.07 Å². The van der Waals surface area contributed by atoms with E-state index in [2.05, 4.69) is 20.4 Å². The molecule has 0 aromatic carbocycles. The van der Waals surface area contributed by atoms with Gasteiger partial charge in [0, 0.05) is 6.07 Å². The fourth-order valence-electron chi connectivity index (χ4n) is 1.78. The highest BCUT2D eigenvalue weighted by Gasteiger charge is 2.32. The van der Waals surface area contributed by atoms with E-state index in [1.807, 2.05) is 0 Å². The molecule has 104 valence electrons. The van der Waals surface area contributed by atoms with Gasteiger partial charge < -0.3 is 15.4 Å². The van der Waals surface area contributed by atoms with Crippen molar-refractivity contribution in [2.45, 2.75) is 25.2 Å². The fourth-order valence-corrected chi connectivity index (χ4v) is 1.78. The molecule has 0 spiro atoms. The van der Waals surface area contributed by atoms with E-state index in [4.69, 9.17) is 0 Å². The number of carbonyl (C=O) groups excluding carboxylic acids is 1. The second-order valence-electron chi connectivity index (χ2n) is 4.05. The highest BCUT2D eigenvalue weighted by atomic mass is 19.4. The maximum absolute atomic E-state index is 12.0. The number of halogens is 3. The average molecular weight is 275 g/mol. The smallest absolute Gasteiger partial charge is 0.388 e. The number of pyridine rings is 1. The summed E-state index contributed by atoms with van der Waals surface area (Å²) in [5, 5.41) is 5.43. The largest absolute Gasteiger partial charge is 0.574 e. The topological polar surface area (TPSA) is 63.2 Å². The maximum atomic E-state index is 12.0. The molecule has 8 heteroatoms. The second-order valence-corrected chi connectivity index (χ2v) is 4.05. The molecule has 1 atom stereocenters. The van der Waals surface area contributed by atoms with Crippen LogP contribution in [0.5, 0.6) is 5.88 Å². The van der Waals surface area contributed by atoms with Crippen LogP contribution in [0, 0.1) is 0 Å². The third-order valence-corrected chi connectivity index (χ3v) is 2.57. The van der Waals surface area contributed by atoms with Gasteiger partial charge in [-0.15, -0.1) is 13.2 Å². The molecule has 2 heterocycles. The van der Waals surface area contributed by atoms with Crippen LogP contribution in [-0.2, 0) is 4.79 Å². The number of carbonyl (C=O) groups is 1. The Hall–Kier alpha value is -1.83. The number of alkyl halides is 3. The summed E-state index contributed by atoms with van der Waals surface area (Å²) in [6, 6.07) is 3.47. The molecule has 1 aromatic rings. The molecular formula is C11H12F3N3O2. The van der Waals surface area contributed by atoms with Gasteiger partial charge in [0.1, 0.15) is 5.82 Å². The van der Waals surface area contributed by atoms with Crippen molar-refractivity contribution in [1.82, 2.24) is 10.3 Å². The van der Waals surface area contributed by atoms with Crippen LogP contribution in [0.3, 0.4) is 0 Å². The van der Waals surface area contributed by atoms with Crippen LogP contribution in [0.4, 0.5) is 19.0 Å². The molecule has 1 aliphatic heterocycles. The number of ether oxygens (including phenoxy) is 1. The van der Waals surface area contributed by atoms with Gasteiger partial charge >= 0.3 is 6.36 Å². The number of amides is 1. The highest BCUT2D eigenvalue weighted by molar-refractivity contribution is 5.94. The first-order chi connectivity index (χ1) is 8.94. The lowest BCUT2D eigenvalue weighted by molar-refractivity contribution is -0.276. The van der Waals surface area contributed by atoms with Crippen LogP contribution in [0.25, 0.3) is 0 Å². The van der Waals surface area contributed by atoms with Crippen molar-refractivity contribution in [3.63, 3.8) is 0 Å². The van der Waals surface area contributed by atoms with E-state index in [9.17, 15) is 18.0 Å². The number of anilines is 1. The minimum Gasteiger partial charge on any atom is -0.388 e. The van der Waals surface area contributed by atoms with Crippen molar-refractivity contribution in [3.05, 3.63) is 18.2 Å². The third kappa shape index (κ3) is 4.09. The molecule has 1 aliphatic rings. The fraction of sp³-hybridized carbons (Fsp3) is 0.455. The minimum absolute atomic E-state index is 0.0282. The zero-order valence-corrected chi connectivity index (χ0v) is 9.83. The average Bonchev–Trinajstić information content (AvgIpc) is 2.80. The molecule has 0 radical (unpaired) electrons. The van der Waals surface area contributed by atoms with Gasteiger partial charge in [0.25, 0.3) is 0 Å². The number of nitrogens with one attached hydrogen (secondary N) is 2. The molecule has 0 aliphatic carbocycles. The molecule has 1 saturated heterocycles. The molecule has 2 N–H and O–H groups in total. The van der Waals surface area contributed by atoms with Gasteiger partial charge in [-0.2, -0.15) is 4.98 Å². The highest BCUT2D eigenvalue weighted by Crippen LogP contribution is 2.22. The van der Waals surface area contributed by atoms with Gasteiger partial charge in [-0.3, -0.25) is 4.79 Å². The first-order valence-electron chi connectivity index (χ1n) is 5.71. The first kappa shape index (κ1) is 13.6. The lowest BCUT2D eigenvalue weighted by atomic mass is 10.2. The molecule has 5 nitrogen and oxygen atoms in total. The Balaban J connectivity index is 2.00. The van der Waals surface area contributed by atoms with E-state index in [0.29, 0.717) is 6.42 Å². The molecule has 1 unspecified atom stereocenters. The number of nitrogens with zero attached hydrogens (tertiary/aromatic N) is 1. The third-order valence-electron chi connectivity index (χ3n) is 2.57. The Morgan fingerprint density at radius 3 is 2.89 bits per heavy atom. The van der Waals surface area contributed by atoms with E-state index in [-0.39, 0.29) is 17.8 Å². The number of rotatable bonds is 3. The number of hydrogen-bond donors (Lipinski definition) is 2. The summed E-state index contributed by atoms with van der Waals surface area (Å²) in [5.41, 5.74) is 0. The van der Waals surface area contributed by atoms with Gasteiger partial charge in [-0.25, -0.2) is 0 Å². The van der Waals surface area contributed by atoms with E-state index in [0.717, 1.165) is 19.0 Å². The first-order valence-corrected chi connectivity index (χ1v) is 5.71. The Labute approximate surface area is 107 Å². The monoisotopic (exact) mass is 275 g/mol. The number of hydrogen-bond acceptors (Lipinski definition) is 4. The van der Waals surface area contributed by atoms with Crippen molar-refractivity contribution in [3.8, 4) is 5.88 Å². The summed E-state index contributed by atoms with van der Waals surface area (Å²) in [7, 11) is 0. The molecule has 1 aromatic heterocycles. The summed E-state index contributed by atoms with van der Waals surface area (Å²) in [4.78, 5) is 15.3. The molecule has 0 bridgehead atoms. The summed E-state index contributed by atoms with van der Waals surface area (Å²) >= 11 is 0. The minimum atomic E-state index is -4.80. The van der Waals surface area contributed by atoms with Crippen LogP contribution < -0.4 is 15.4 Å². The van der Waals surface area contributed by atoms with Crippen LogP contribution in [-0.4, -0.2) is 29.8 Å². The zero-order valence-electron chi connectivity index (χ0n) is 9.83. The quantitative estimate of drug-likeness (QED) is 0.880. The van der Waals surface area contributed by atoms with Crippen LogP contribution in [0.1, 0.15) is 12.8 Å². The normalized spacial score (nSPS) is 19.2. The summed E-state index contributed by atoms with van der Waals surface area (Å²) in [5.74, 6) is -0.890. The molecule has 1 fully saturated rings. The Morgan fingerprint density at radius 1 is 1.47 bits per heavy atom.